The summed E-state index contributed by atoms with van der Waals surface area (Å²) in [5.74, 6) is -0.285. The first-order valence-electron chi connectivity index (χ1n) is 5.78. The predicted molar refractivity (Wildman–Crippen MR) is 76.3 cm³/mol. The molecule has 0 heterocycles. The highest BCUT2D eigenvalue weighted by molar-refractivity contribution is 9.10. The lowest BCUT2D eigenvalue weighted by molar-refractivity contribution is -0.136. The quantitative estimate of drug-likeness (QED) is 0.670. The second-order valence-corrected chi connectivity index (χ2v) is 4.98. The summed E-state index contributed by atoms with van der Waals surface area (Å²) in [4.78, 5) is 11.2. The summed E-state index contributed by atoms with van der Waals surface area (Å²) in [5, 5.41) is 3.33. The Kier molecular flexibility index (Phi) is 6.09. The van der Waals surface area contributed by atoms with Crippen molar-refractivity contribution in [3.05, 3.63) is 46.0 Å². The van der Waals surface area contributed by atoms with Crippen LogP contribution in [0.2, 0.25) is 0 Å². The number of halogens is 1. The molecular formula is C14H18BrNO2. The van der Waals surface area contributed by atoms with Crippen molar-refractivity contribution in [2.45, 2.75) is 19.9 Å². The zero-order valence-electron chi connectivity index (χ0n) is 10.9. The van der Waals surface area contributed by atoms with E-state index in [0.29, 0.717) is 12.1 Å². The molecule has 1 aromatic carbocycles. The lowest BCUT2D eigenvalue weighted by Crippen LogP contribution is -2.19. The Hall–Kier alpha value is -1.13. The summed E-state index contributed by atoms with van der Waals surface area (Å²) in [6, 6.07) is 8.38. The first kappa shape index (κ1) is 14.9. The Bertz CT molecular complexity index is 443. The van der Waals surface area contributed by atoms with Crippen LogP contribution >= 0.6 is 15.9 Å². The Labute approximate surface area is 116 Å². The lowest BCUT2D eigenvalue weighted by atomic mass is 10.1. The third-order valence-electron chi connectivity index (χ3n) is 2.69. The van der Waals surface area contributed by atoms with Gasteiger partial charge < -0.3 is 10.1 Å². The molecule has 0 aliphatic heterocycles. The molecule has 4 heteroatoms. The number of nitrogens with one attached hydrogen (secondary N) is 1. The zero-order valence-corrected chi connectivity index (χ0v) is 12.5. The third-order valence-corrected chi connectivity index (χ3v) is 3.18. The van der Waals surface area contributed by atoms with Gasteiger partial charge in [0.05, 0.1) is 7.11 Å². The highest BCUT2D eigenvalue weighted by Gasteiger charge is 2.05. The van der Waals surface area contributed by atoms with Gasteiger partial charge in [0.15, 0.2) is 0 Å². The van der Waals surface area contributed by atoms with Gasteiger partial charge in [-0.05, 0) is 31.5 Å². The van der Waals surface area contributed by atoms with Crippen molar-refractivity contribution in [1.29, 1.82) is 0 Å². The maximum atomic E-state index is 11.2. The Morgan fingerprint density at radius 1 is 1.56 bits per heavy atom. The molecule has 0 aromatic heterocycles. The first-order valence-corrected chi connectivity index (χ1v) is 6.58. The van der Waals surface area contributed by atoms with Gasteiger partial charge in [-0.2, -0.15) is 0 Å². The van der Waals surface area contributed by atoms with Gasteiger partial charge in [0.1, 0.15) is 0 Å². The van der Waals surface area contributed by atoms with Crippen LogP contribution in [-0.2, 0) is 9.53 Å². The van der Waals surface area contributed by atoms with Crippen molar-refractivity contribution in [2.24, 2.45) is 0 Å². The number of hydrogen-bond donors (Lipinski definition) is 1. The molecule has 0 aliphatic carbocycles. The summed E-state index contributed by atoms with van der Waals surface area (Å²) in [6.45, 7) is 4.47. The van der Waals surface area contributed by atoms with Gasteiger partial charge in [0.2, 0.25) is 0 Å². The van der Waals surface area contributed by atoms with Crippen molar-refractivity contribution in [2.75, 3.05) is 13.7 Å². The molecule has 1 N–H and O–H groups in total. The van der Waals surface area contributed by atoms with Crippen molar-refractivity contribution in [3.8, 4) is 0 Å². The van der Waals surface area contributed by atoms with Crippen molar-refractivity contribution >= 4 is 21.9 Å². The molecule has 0 fully saturated rings. The maximum Gasteiger partial charge on any atom is 0.333 e. The number of rotatable bonds is 5. The Morgan fingerprint density at radius 3 is 2.89 bits per heavy atom. The van der Waals surface area contributed by atoms with Crippen molar-refractivity contribution < 1.29 is 9.53 Å². The van der Waals surface area contributed by atoms with Gasteiger partial charge in [-0.25, -0.2) is 4.79 Å². The van der Waals surface area contributed by atoms with Crippen LogP contribution in [0.4, 0.5) is 0 Å². The summed E-state index contributed by atoms with van der Waals surface area (Å²) in [7, 11) is 1.39. The second kappa shape index (κ2) is 7.34. The molecule has 0 bridgehead atoms. The number of carbonyl (C=O) groups is 1. The van der Waals surface area contributed by atoms with E-state index in [1.54, 1.807) is 6.92 Å². The van der Waals surface area contributed by atoms with Crippen LogP contribution in [-0.4, -0.2) is 19.6 Å². The van der Waals surface area contributed by atoms with Crippen LogP contribution in [0.5, 0.6) is 0 Å². The van der Waals surface area contributed by atoms with Gasteiger partial charge in [0.25, 0.3) is 0 Å². The average Bonchev–Trinajstić information content (AvgIpc) is 2.37. The molecule has 0 amide bonds. The number of esters is 1. The minimum atomic E-state index is -0.285. The fraction of sp³-hybridized carbons (Fsp3) is 0.357. The standard InChI is InChI=1S/C14H18BrNO2/c1-10(14(17)18-3)7-8-16-11(2)12-5-4-6-13(15)9-12/h4-7,9,11,16H,8H2,1-3H3/b10-7+. The number of benzene rings is 1. The van der Waals surface area contributed by atoms with Gasteiger partial charge in [-0.15, -0.1) is 0 Å². The predicted octanol–water partition coefficient (Wildman–Crippen LogP) is 3.22. The fourth-order valence-electron chi connectivity index (χ4n) is 1.53. The summed E-state index contributed by atoms with van der Waals surface area (Å²) in [6.07, 6.45) is 1.83. The molecular weight excluding hydrogens is 294 g/mol. The molecule has 98 valence electrons. The zero-order chi connectivity index (χ0) is 13.5. The largest absolute Gasteiger partial charge is 0.466 e. The molecule has 0 aliphatic rings. The smallest absolute Gasteiger partial charge is 0.333 e. The van der Waals surface area contributed by atoms with Gasteiger partial charge in [-0.3, -0.25) is 0 Å². The van der Waals surface area contributed by atoms with Crippen LogP contribution in [0, 0.1) is 0 Å². The monoisotopic (exact) mass is 311 g/mol. The topological polar surface area (TPSA) is 38.3 Å². The second-order valence-electron chi connectivity index (χ2n) is 4.06. The number of hydrogen-bond acceptors (Lipinski definition) is 3. The molecule has 3 nitrogen and oxygen atoms in total. The minimum absolute atomic E-state index is 0.226. The van der Waals surface area contributed by atoms with E-state index in [9.17, 15) is 4.79 Å². The number of ether oxygens (including phenoxy) is 1. The molecule has 1 unspecified atom stereocenters. The van der Waals surface area contributed by atoms with E-state index >= 15 is 0 Å². The molecule has 1 aromatic rings. The first-order chi connectivity index (χ1) is 8.54. The molecule has 1 atom stereocenters. The van der Waals surface area contributed by atoms with Gasteiger partial charge in [0, 0.05) is 22.6 Å². The highest BCUT2D eigenvalue weighted by Crippen LogP contribution is 2.17. The highest BCUT2D eigenvalue weighted by atomic mass is 79.9. The fourth-order valence-corrected chi connectivity index (χ4v) is 1.94. The van der Waals surface area contributed by atoms with Crippen LogP contribution in [0.3, 0.4) is 0 Å². The van der Waals surface area contributed by atoms with Gasteiger partial charge in [-0.1, -0.05) is 34.1 Å². The van der Waals surface area contributed by atoms with Crippen LogP contribution in [0.15, 0.2) is 40.4 Å². The Morgan fingerprint density at radius 2 is 2.28 bits per heavy atom. The lowest BCUT2D eigenvalue weighted by Gasteiger charge is -2.13. The van der Waals surface area contributed by atoms with E-state index in [0.717, 1.165) is 4.47 Å². The van der Waals surface area contributed by atoms with Crippen LogP contribution < -0.4 is 5.32 Å². The molecule has 1 rings (SSSR count). The molecule has 0 saturated carbocycles. The molecule has 0 spiro atoms. The van der Waals surface area contributed by atoms with E-state index in [-0.39, 0.29) is 12.0 Å². The SMILES string of the molecule is COC(=O)/C(C)=C/CNC(C)c1cccc(Br)c1. The summed E-state index contributed by atoms with van der Waals surface area (Å²) < 4.78 is 5.69. The summed E-state index contributed by atoms with van der Waals surface area (Å²) >= 11 is 3.45. The molecule has 0 radical (unpaired) electrons. The Balaban J connectivity index is 2.52. The van der Waals surface area contributed by atoms with E-state index in [1.165, 1.54) is 12.7 Å². The van der Waals surface area contributed by atoms with Crippen molar-refractivity contribution in [1.82, 2.24) is 5.32 Å². The van der Waals surface area contributed by atoms with E-state index < -0.39 is 0 Å². The summed E-state index contributed by atoms with van der Waals surface area (Å²) in [5.41, 5.74) is 1.82. The molecule has 0 saturated heterocycles. The van der Waals surface area contributed by atoms with Gasteiger partial charge >= 0.3 is 5.97 Å². The van der Waals surface area contributed by atoms with E-state index in [4.69, 9.17) is 0 Å². The average molecular weight is 312 g/mol. The maximum absolute atomic E-state index is 11.2. The van der Waals surface area contributed by atoms with E-state index in [1.807, 2.05) is 18.2 Å². The molecule has 18 heavy (non-hydrogen) atoms. The normalized spacial score (nSPS) is 13.2. The third kappa shape index (κ3) is 4.63. The minimum Gasteiger partial charge on any atom is -0.466 e. The van der Waals surface area contributed by atoms with Crippen molar-refractivity contribution in [3.63, 3.8) is 0 Å². The van der Waals surface area contributed by atoms with Crippen LogP contribution in [0.25, 0.3) is 0 Å². The number of carbonyl (C=O) groups excluding carboxylic acids is 1. The van der Waals surface area contributed by atoms with E-state index in [2.05, 4.69) is 45.0 Å². The number of methoxy groups -OCH3 is 1. The van der Waals surface area contributed by atoms with Crippen LogP contribution in [0.1, 0.15) is 25.5 Å².